The van der Waals surface area contributed by atoms with E-state index in [9.17, 15) is 13.2 Å². The Morgan fingerprint density at radius 1 is 1.09 bits per heavy atom. The van der Waals surface area contributed by atoms with Crippen molar-refractivity contribution in [3.05, 3.63) is 30.3 Å². The first-order valence-electron chi connectivity index (χ1n) is 7.20. The first-order valence-corrected chi connectivity index (χ1v) is 8.59. The minimum absolute atomic E-state index is 0.199. The summed E-state index contributed by atoms with van der Waals surface area (Å²) >= 11 is 0. The molecular formula is C14H22N4O3S. The van der Waals surface area contributed by atoms with Crippen molar-refractivity contribution in [1.29, 1.82) is 0 Å². The zero-order valence-electron chi connectivity index (χ0n) is 12.9. The Balaban J connectivity index is 1.97. The highest BCUT2D eigenvalue weighted by molar-refractivity contribution is 7.86. The monoisotopic (exact) mass is 326 g/mol. The minimum Gasteiger partial charge on any atom is -0.323 e. The SMILES string of the molecule is CN(C)S(=O)(=O)N1CCCN(C(=O)Nc2ccccc2)CC1. The molecule has 0 radical (unpaired) electrons. The van der Waals surface area contributed by atoms with Gasteiger partial charge in [-0.3, -0.25) is 0 Å². The average molecular weight is 326 g/mol. The van der Waals surface area contributed by atoms with Crippen LogP contribution < -0.4 is 5.32 Å². The Bertz CT molecular complexity index is 604. The second kappa shape index (κ2) is 7.08. The van der Waals surface area contributed by atoms with Crippen molar-refractivity contribution in [2.75, 3.05) is 45.6 Å². The number of hydrogen-bond acceptors (Lipinski definition) is 3. The first kappa shape index (κ1) is 16.7. The van der Waals surface area contributed by atoms with E-state index in [1.807, 2.05) is 30.3 Å². The molecule has 7 nitrogen and oxygen atoms in total. The van der Waals surface area contributed by atoms with Gasteiger partial charge in [-0.05, 0) is 18.6 Å². The lowest BCUT2D eigenvalue weighted by Gasteiger charge is -2.24. The number of hydrogen-bond donors (Lipinski definition) is 1. The number of carbonyl (C=O) groups excluding carboxylic acids is 1. The molecule has 1 heterocycles. The number of urea groups is 1. The number of amides is 2. The van der Waals surface area contributed by atoms with Crippen molar-refractivity contribution >= 4 is 21.9 Å². The molecule has 8 heteroatoms. The van der Waals surface area contributed by atoms with Gasteiger partial charge in [-0.25, -0.2) is 4.79 Å². The van der Waals surface area contributed by atoms with E-state index in [4.69, 9.17) is 0 Å². The van der Waals surface area contributed by atoms with Gasteiger partial charge in [0.2, 0.25) is 0 Å². The summed E-state index contributed by atoms with van der Waals surface area (Å²) in [7, 11) is -0.395. The zero-order chi connectivity index (χ0) is 16.2. The summed E-state index contributed by atoms with van der Waals surface area (Å²) < 4.78 is 26.9. The Hall–Kier alpha value is -1.64. The third-order valence-electron chi connectivity index (χ3n) is 3.55. The van der Waals surface area contributed by atoms with Crippen LogP contribution in [0.25, 0.3) is 0 Å². The molecule has 1 fully saturated rings. The van der Waals surface area contributed by atoms with Gasteiger partial charge in [-0.2, -0.15) is 17.0 Å². The first-order chi connectivity index (χ1) is 10.4. The predicted molar refractivity (Wildman–Crippen MR) is 85.8 cm³/mol. The molecule has 1 aromatic rings. The van der Waals surface area contributed by atoms with E-state index in [2.05, 4.69) is 5.32 Å². The fourth-order valence-corrected chi connectivity index (χ4v) is 3.42. The maximum atomic E-state index is 12.2. The Labute approximate surface area is 131 Å². The van der Waals surface area contributed by atoms with Gasteiger partial charge in [0.25, 0.3) is 10.2 Å². The lowest BCUT2D eigenvalue weighted by Crippen LogP contribution is -2.43. The highest BCUT2D eigenvalue weighted by Gasteiger charge is 2.28. The normalized spacial score (nSPS) is 17.3. The van der Waals surface area contributed by atoms with Crippen LogP contribution in [0.15, 0.2) is 30.3 Å². The summed E-state index contributed by atoms with van der Waals surface area (Å²) in [6, 6.07) is 9.02. The molecule has 1 aromatic carbocycles. The van der Waals surface area contributed by atoms with Crippen molar-refractivity contribution < 1.29 is 13.2 Å². The van der Waals surface area contributed by atoms with Crippen LogP contribution in [0.5, 0.6) is 0 Å². The van der Waals surface area contributed by atoms with Crippen molar-refractivity contribution in [2.24, 2.45) is 0 Å². The van der Waals surface area contributed by atoms with Crippen LogP contribution in [0.1, 0.15) is 6.42 Å². The summed E-state index contributed by atoms with van der Waals surface area (Å²) in [4.78, 5) is 13.9. The quantitative estimate of drug-likeness (QED) is 0.902. The third kappa shape index (κ3) is 3.96. The van der Waals surface area contributed by atoms with Crippen LogP contribution in [0, 0.1) is 0 Å². The van der Waals surface area contributed by atoms with Gasteiger partial charge in [0.1, 0.15) is 0 Å². The number of rotatable bonds is 3. The molecular weight excluding hydrogens is 304 g/mol. The summed E-state index contributed by atoms with van der Waals surface area (Å²) in [6.45, 7) is 1.65. The van der Waals surface area contributed by atoms with Gasteiger partial charge in [-0.15, -0.1) is 0 Å². The second-order valence-corrected chi connectivity index (χ2v) is 7.47. The molecule has 1 N–H and O–H groups in total. The van der Waals surface area contributed by atoms with Crippen LogP contribution in [-0.4, -0.2) is 68.2 Å². The van der Waals surface area contributed by atoms with Gasteiger partial charge in [0, 0.05) is 46.0 Å². The van der Waals surface area contributed by atoms with E-state index in [1.54, 1.807) is 4.90 Å². The van der Waals surface area contributed by atoms with E-state index >= 15 is 0 Å². The van der Waals surface area contributed by atoms with E-state index in [1.165, 1.54) is 22.7 Å². The predicted octanol–water partition coefficient (Wildman–Crippen LogP) is 1.03. The molecule has 0 aliphatic carbocycles. The molecule has 2 amide bonds. The van der Waals surface area contributed by atoms with Crippen LogP contribution >= 0.6 is 0 Å². The van der Waals surface area contributed by atoms with E-state index in [0.29, 0.717) is 32.6 Å². The van der Waals surface area contributed by atoms with Gasteiger partial charge < -0.3 is 10.2 Å². The van der Waals surface area contributed by atoms with Crippen molar-refractivity contribution in [2.45, 2.75) is 6.42 Å². The van der Waals surface area contributed by atoms with Crippen LogP contribution in [0.4, 0.5) is 10.5 Å². The second-order valence-electron chi connectivity index (χ2n) is 5.33. The van der Waals surface area contributed by atoms with Gasteiger partial charge in [0.05, 0.1) is 0 Å². The third-order valence-corrected chi connectivity index (χ3v) is 5.50. The molecule has 0 unspecified atom stereocenters. The number of nitrogens with zero attached hydrogens (tertiary/aromatic N) is 3. The summed E-state index contributed by atoms with van der Waals surface area (Å²) in [5.41, 5.74) is 0.731. The largest absolute Gasteiger partial charge is 0.323 e. The standard InChI is InChI=1S/C14H22N4O3S/c1-16(2)22(20,21)18-10-6-9-17(11-12-18)14(19)15-13-7-4-3-5-8-13/h3-5,7-8H,6,9-12H2,1-2H3,(H,15,19). The molecule has 0 aromatic heterocycles. The Morgan fingerprint density at radius 3 is 2.41 bits per heavy atom. The Kier molecular flexibility index (Phi) is 5.38. The molecule has 0 bridgehead atoms. The zero-order valence-corrected chi connectivity index (χ0v) is 13.7. The Morgan fingerprint density at radius 2 is 1.77 bits per heavy atom. The molecule has 22 heavy (non-hydrogen) atoms. The highest BCUT2D eigenvalue weighted by atomic mass is 32.2. The van der Waals surface area contributed by atoms with Crippen molar-refractivity contribution in [1.82, 2.24) is 13.5 Å². The van der Waals surface area contributed by atoms with Gasteiger partial charge in [0.15, 0.2) is 0 Å². The molecule has 0 saturated carbocycles. The van der Waals surface area contributed by atoms with E-state index in [-0.39, 0.29) is 6.03 Å². The summed E-state index contributed by atoms with van der Waals surface area (Å²) in [5, 5.41) is 2.82. The minimum atomic E-state index is -3.42. The molecule has 1 aliphatic rings. The number of nitrogens with one attached hydrogen (secondary N) is 1. The van der Waals surface area contributed by atoms with Crippen LogP contribution in [0.3, 0.4) is 0 Å². The molecule has 122 valence electrons. The lowest BCUT2D eigenvalue weighted by molar-refractivity contribution is 0.214. The molecule has 0 atom stereocenters. The molecule has 1 aliphatic heterocycles. The maximum absolute atomic E-state index is 12.2. The summed E-state index contributed by atoms with van der Waals surface area (Å²) in [6.07, 6.45) is 0.620. The van der Waals surface area contributed by atoms with E-state index < -0.39 is 10.2 Å². The van der Waals surface area contributed by atoms with Crippen molar-refractivity contribution in [3.63, 3.8) is 0 Å². The van der Waals surface area contributed by atoms with Crippen LogP contribution in [-0.2, 0) is 10.2 Å². The fraction of sp³-hybridized carbons (Fsp3) is 0.500. The number of anilines is 1. The van der Waals surface area contributed by atoms with Gasteiger partial charge in [-0.1, -0.05) is 18.2 Å². The average Bonchev–Trinajstić information content (AvgIpc) is 2.74. The topological polar surface area (TPSA) is 73.0 Å². The number of para-hydroxylation sites is 1. The smallest absolute Gasteiger partial charge is 0.321 e. The highest BCUT2D eigenvalue weighted by Crippen LogP contribution is 2.12. The fourth-order valence-electron chi connectivity index (χ4n) is 2.28. The van der Waals surface area contributed by atoms with E-state index in [0.717, 1.165) is 5.69 Å². The molecule has 2 rings (SSSR count). The van der Waals surface area contributed by atoms with Crippen molar-refractivity contribution in [3.8, 4) is 0 Å². The number of benzene rings is 1. The molecule has 0 spiro atoms. The van der Waals surface area contributed by atoms with Crippen LogP contribution in [0.2, 0.25) is 0 Å². The summed E-state index contributed by atoms with van der Waals surface area (Å²) in [5.74, 6) is 0. The van der Waals surface area contributed by atoms with Gasteiger partial charge >= 0.3 is 6.03 Å². The maximum Gasteiger partial charge on any atom is 0.321 e. The lowest BCUT2D eigenvalue weighted by atomic mass is 10.3. The molecule has 1 saturated heterocycles. The number of carbonyl (C=O) groups is 1.